The van der Waals surface area contributed by atoms with Crippen LogP contribution in [0, 0.1) is 0 Å². The van der Waals surface area contributed by atoms with Crippen LogP contribution in [0.5, 0.6) is 23.3 Å². The van der Waals surface area contributed by atoms with E-state index in [9.17, 15) is 0 Å². The summed E-state index contributed by atoms with van der Waals surface area (Å²) in [7, 11) is 0. The molecule has 0 saturated heterocycles. The van der Waals surface area contributed by atoms with E-state index in [2.05, 4.69) is 32.1 Å². The third kappa shape index (κ3) is 5.10. The first kappa shape index (κ1) is 23.1. The van der Waals surface area contributed by atoms with Gasteiger partial charge in [0.25, 0.3) is 0 Å². The van der Waals surface area contributed by atoms with Gasteiger partial charge in [-0.25, -0.2) is 9.97 Å². The highest BCUT2D eigenvalue weighted by molar-refractivity contribution is 5.80. The van der Waals surface area contributed by atoms with Crippen molar-refractivity contribution in [1.29, 1.82) is 0 Å². The Bertz CT molecular complexity index is 1520. The summed E-state index contributed by atoms with van der Waals surface area (Å²) in [6, 6.07) is 31.3. The highest BCUT2D eigenvalue weighted by Crippen LogP contribution is 2.40. The Labute approximate surface area is 220 Å². The number of hydrogen-bond acceptors (Lipinski definition) is 6. The minimum atomic E-state index is 0.515. The first-order valence-corrected chi connectivity index (χ1v) is 12.1. The topological polar surface area (TPSA) is 70.0 Å². The van der Waals surface area contributed by atoms with Crippen LogP contribution in [-0.4, -0.2) is 19.9 Å². The fraction of sp³-hybridized carbons (Fsp3) is 0. The van der Waals surface area contributed by atoms with Crippen LogP contribution in [0.25, 0.3) is 33.4 Å². The molecular formula is C32H22N4O2. The van der Waals surface area contributed by atoms with Gasteiger partial charge in [-0.05, 0) is 59.7 Å². The Hall–Kier alpha value is -5.36. The summed E-state index contributed by atoms with van der Waals surface area (Å²) in [4.78, 5) is 17.3. The Kier molecular flexibility index (Phi) is 6.51. The molecule has 4 aromatic heterocycles. The Morgan fingerprint density at radius 2 is 0.921 bits per heavy atom. The second-order valence-electron chi connectivity index (χ2n) is 8.45. The molecule has 6 heteroatoms. The van der Waals surface area contributed by atoms with Gasteiger partial charge in [-0.15, -0.1) is 0 Å². The van der Waals surface area contributed by atoms with Crippen molar-refractivity contribution in [2.75, 3.05) is 0 Å². The molecule has 38 heavy (non-hydrogen) atoms. The highest BCUT2D eigenvalue weighted by atomic mass is 16.5. The van der Waals surface area contributed by atoms with Crippen molar-refractivity contribution in [3.8, 4) is 56.6 Å². The SMILES string of the molecule is c1ccc(Oc2cc(-c3ccc(-c4cccnc4)c(Oc4ccccn4)c3)ccc2-c2cccnc2)nc1. The van der Waals surface area contributed by atoms with Crippen molar-refractivity contribution in [3.63, 3.8) is 0 Å². The van der Waals surface area contributed by atoms with Crippen LogP contribution >= 0.6 is 0 Å². The molecule has 182 valence electrons. The van der Waals surface area contributed by atoms with Gasteiger partial charge in [-0.3, -0.25) is 9.97 Å². The number of hydrogen-bond donors (Lipinski definition) is 0. The molecule has 0 spiro atoms. The summed E-state index contributed by atoms with van der Waals surface area (Å²) in [5.41, 5.74) is 5.68. The molecule has 0 radical (unpaired) electrons. The zero-order valence-electron chi connectivity index (χ0n) is 20.3. The second kappa shape index (κ2) is 10.7. The summed E-state index contributed by atoms with van der Waals surface area (Å²) in [5, 5.41) is 0. The van der Waals surface area contributed by atoms with Crippen molar-refractivity contribution in [2.24, 2.45) is 0 Å². The molecule has 0 atom stereocenters. The lowest BCUT2D eigenvalue weighted by atomic mass is 9.97. The number of nitrogens with zero attached hydrogens (tertiary/aromatic N) is 4. The molecule has 0 aliphatic heterocycles. The quantitative estimate of drug-likeness (QED) is 0.225. The van der Waals surface area contributed by atoms with E-state index in [1.54, 1.807) is 24.8 Å². The molecule has 0 unspecified atom stereocenters. The van der Waals surface area contributed by atoms with E-state index < -0.39 is 0 Å². The molecule has 0 N–H and O–H groups in total. The Morgan fingerprint density at radius 3 is 1.32 bits per heavy atom. The van der Waals surface area contributed by atoms with Gasteiger partial charge in [-0.2, -0.15) is 0 Å². The van der Waals surface area contributed by atoms with Crippen molar-refractivity contribution >= 4 is 0 Å². The fourth-order valence-corrected chi connectivity index (χ4v) is 4.13. The lowest BCUT2D eigenvalue weighted by Gasteiger charge is -2.15. The van der Waals surface area contributed by atoms with Gasteiger partial charge in [0.2, 0.25) is 11.8 Å². The van der Waals surface area contributed by atoms with Crippen LogP contribution in [0.4, 0.5) is 0 Å². The molecule has 0 amide bonds. The lowest BCUT2D eigenvalue weighted by Crippen LogP contribution is -1.94. The Morgan fingerprint density at radius 1 is 0.421 bits per heavy atom. The van der Waals surface area contributed by atoms with Gasteiger partial charge in [0.15, 0.2) is 0 Å². The maximum absolute atomic E-state index is 6.26. The highest BCUT2D eigenvalue weighted by Gasteiger charge is 2.14. The molecular weight excluding hydrogens is 472 g/mol. The molecule has 0 bridgehead atoms. The monoisotopic (exact) mass is 494 g/mol. The predicted octanol–water partition coefficient (Wildman–Crippen LogP) is 7.85. The first-order chi connectivity index (χ1) is 18.8. The van der Waals surface area contributed by atoms with E-state index in [1.165, 1.54) is 0 Å². The van der Waals surface area contributed by atoms with Gasteiger partial charge in [0, 0.05) is 71.6 Å². The van der Waals surface area contributed by atoms with Gasteiger partial charge in [-0.1, -0.05) is 36.4 Å². The molecule has 6 rings (SSSR count). The van der Waals surface area contributed by atoms with Crippen molar-refractivity contribution < 1.29 is 9.47 Å². The van der Waals surface area contributed by atoms with E-state index >= 15 is 0 Å². The summed E-state index contributed by atoms with van der Waals surface area (Å²) in [6.07, 6.45) is 10.6. The van der Waals surface area contributed by atoms with Crippen LogP contribution < -0.4 is 9.47 Å². The zero-order valence-corrected chi connectivity index (χ0v) is 20.3. The molecule has 4 heterocycles. The van der Waals surface area contributed by atoms with Crippen LogP contribution in [-0.2, 0) is 0 Å². The van der Waals surface area contributed by atoms with Crippen molar-refractivity contribution in [1.82, 2.24) is 19.9 Å². The van der Waals surface area contributed by atoms with Crippen LogP contribution in [0.15, 0.2) is 134 Å². The van der Waals surface area contributed by atoms with E-state index in [4.69, 9.17) is 9.47 Å². The predicted molar refractivity (Wildman–Crippen MR) is 147 cm³/mol. The summed E-state index contributed by atoms with van der Waals surface area (Å²) in [6.45, 7) is 0. The van der Waals surface area contributed by atoms with E-state index in [0.717, 1.165) is 33.4 Å². The minimum absolute atomic E-state index is 0.515. The average Bonchev–Trinajstić information content (AvgIpc) is 2.99. The summed E-state index contributed by atoms with van der Waals surface area (Å²) in [5.74, 6) is 2.39. The summed E-state index contributed by atoms with van der Waals surface area (Å²) >= 11 is 0. The van der Waals surface area contributed by atoms with Gasteiger partial charge in [0.1, 0.15) is 11.5 Å². The number of rotatable bonds is 7. The molecule has 0 saturated carbocycles. The van der Waals surface area contributed by atoms with Crippen LogP contribution in [0.1, 0.15) is 0 Å². The van der Waals surface area contributed by atoms with E-state index in [-0.39, 0.29) is 0 Å². The van der Waals surface area contributed by atoms with E-state index in [1.807, 2.05) is 97.3 Å². The number of pyridine rings is 4. The Balaban J connectivity index is 1.44. The third-order valence-corrected chi connectivity index (χ3v) is 5.95. The van der Waals surface area contributed by atoms with Crippen LogP contribution in [0.3, 0.4) is 0 Å². The minimum Gasteiger partial charge on any atom is -0.438 e. The zero-order chi connectivity index (χ0) is 25.6. The third-order valence-electron chi connectivity index (χ3n) is 5.95. The standard InChI is InChI=1S/C32H22N4O2/c1-3-17-35-31(9-1)37-29-19-23(11-13-27(29)25-7-5-15-33-21-25)24-12-14-28(26-8-6-16-34-22-26)30(20-24)38-32-10-2-4-18-36-32/h1-22H. The molecule has 0 aliphatic carbocycles. The fourth-order valence-electron chi connectivity index (χ4n) is 4.13. The molecule has 6 aromatic rings. The maximum Gasteiger partial charge on any atom is 0.219 e. The average molecular weight is 495 g/mol. The normalized spacial score (nSPS) is 10.6. The molecule has 0 aliphatic rings. The van der Waals surface area contributed by atoms with Crippen molar-refractivity contribution in [2.45, 2.75) is 0 Å². The maximum atomic E-state index is 6.26. The lowest BCUT2D eigenvalue weighted by molar-refractivity contribution is 0.464. The molecule has 2 aromatic carbocycles. The van der Waals surface area contributed by atoms with Crippen molar-refractivity contribution in [3.05, 3.63) is 134 Å². The summed E-state index contributed by atoms with van der Waals surface area (Å²) < 4.78 is 12.5. The number of ether oxygens (including phenoxy) is 2. The molecule has 6 nitrogen and oxygen atoms in total. The van der Waals surface area contributed by atoms with Gasteiger partial charge in [0.05, 0.1) is 0 Å². The second-order valence-corrected chi connectivity index (χ2v) is 8.45. The van der Waals surface area contributed by atoms with Crippen LogP contribution in [0.2, 0.25) is 0 Å². The van der Waals surface area contributed by atoms with Gasteiger partial charge < -0.3 is 9.47 Å². The smallest absolute Gasteiger partial charge is 0.219 e. The largest absolute Gasteiger partial charge is 0.438 e. The number of aromatic nitrogens is 4. The number of benzene rings is 2. The van der Waals surface area contributed by atoms with Gasteiger partial charge >= 0.3 is 0 Å². The first-order valence-electron chi connectivity index (χ1n) is 12.1. The van der Waals surface area contributed by atoms with E-state index in [0.29, 0.717) is 23.3 Å². The molecule has 0 fully saturated rings.